The molecule has 3 nitrogen and oxygen atoms in total. The molecule has 1 saturated carbocycles. The summed E-state index contributed by atoms with van der Waals surface area (Å²) < 4.78 is 2.27. The highest BCUT2D eigenvalue weighted by molar-refractivity contribution is 5.81. The third-order valence-corrected chi connectivity index (χ3v) is 5.36. The number of hydrogen-bond acceptors (Lipinski definition) is 1. The molecule has 134 valence electrons. The van der Waals surface area contributed by atoms with Crippen molar-refractivity contribution in [3.05, 3.63) is 59.4 Å². The minimum atomic E-state index is 0.260. The molecule has 1 aromatic carbocycles. The maximum absolute atomic E-state index is 12.8. The zero-order valence-corrected chi connectivity index (χ0v) is 15.9. The van der Waals surface area contributed by atoms with Crippen molar-refractivity contribution in [1.29, 1.82) is 0 Å². The van der Waals surface area contributed by atoms with Crippen molar-refractivity contribution in [2.24, 2.45) is 11.8 Å². The van der Waals surface area contributed by atoms with Gasteiger partial charge in [0.1, 0.15) is 0 Å². The highest BCUT2D eigenvalue weighted by Crippen LogP contribution is 2.33. The zero-order chi connectivity index (χ0) is 18.0. The summed E-state index contributed by atoms with van der Waals surface area (Å²) in [5.41, 5.74) is 3.79. The molecule has 2 aromatic rings. The summed E-state index contributed by atoms with van der Waals surface area (Å²) in [6.07, 6.45) is 4.24. The molecule has 0 radical (unpaired) electrons. The highest BCUT2D eigenvalue weighted by atomic mass is 16.2. The minimum absolute atomic E-state index is 0.260. The van der Waals surface area contributed by atoms with Gasteiger partial charge in [0.15, 0.2) is 0 Å². The van der Waals surface area contributed by atoms with Crippen LogP contribution in [-0.4, -0.2) is 21.4 Å². The molecule has 3 rings (SSSR count). The molecule has 0 unspecified atom stereocenters. The van der Waals surface area contributed by atoms with Gasteiger partial charge >= 0.3 is 0 Å². The second kappa shape index (κ2) is 7.47. The van der Waals surface area contributed by atoms with E-state index in [0.29, 0.717) is 18.4 Å². The van der Waals surface area contributed by atoms with Crippen LogP contribution in [-0.2, 0) is 17.9 Å². The molecule has 1 aliphatic rings. The van der Waals surface area contributed by atoms with Gasteiger partial charge in [-0.3, -0.25) is 4.79 Å². The van der Waals surface area contributed by atoms with Gasteiger partial charge in [-0.1, -0.05) is 43.7 Å². The van der Waals surface area contributed by atoms with E-state index >= 15 is 0 Å². The van der Waals surface area contributed by atoms with E-state index in [2.05, 4.69) is 79.8 Å². The number of hydrogen-bond donors (Lipinski definition) is 0. The van der Waals surface area contributed by atoms with Gasteiger partial charge < -0.3 is 9.47 Å². The van der Waals surface area contributed by atoms with Gasteiger partial charge in [0.25, 0.3) is 0 Å². The number of benzene rings is 1. The van der Waals surface area contributed by atoms with Crippen molar-refractivity contribution in [1.82, 2.24) is 9.47 Å². The lowest BCUT2D eigenvalue weighted by molar-refractivity contribution is -0.136. The molecule has 1 fully saturated rings. The van der Waals surface area contributed by atoms with E-state index in [9.17, 15) is 4.79 Å². The monoisotopic (exact) mass is 338 g/mol. The summed E-state index contributed by atoms with van der Waals surface area (Å²) in [6.45, 7) is 10.3. The lowest BCUT2D eigenvalue weighted by atomic mass is 10.0. The molecule has 0 aliphatic heterocycles. The molecule has 0 bridgehead atoms. The molecule has 3 heteroatoms. The number of nitrogens with zero attached hydrogens (tertiary/aromatic N) is 2. The molecule has 0 N–H and O–H groups in total. The SMILES string of the molecule is Cc1cccc(Cn2cccc2CN(C(=O)C2CC2)[C@H](C)C(C)C)c1. The second-order valence-electron chi connectivity index (χ2n) is 7.84. The van der Waals surface area contributed by atoms with Gasteiger partial charge in [-0.15, -0.1) is 0 Å². The molecule has 0 saturated heterocycles. The second-order valence-corrected chi connectivity index (χ2v) is 7.84. The maximum atomic E-state index is 12.8. The van der Waals surface area contributed by atoms with Crippen molar-refractivity contribution in [2.75, 3.05) is 0 Å². The predicted octanol–water partition coefficient (Wildman–Crippen LogP) is 4.63. The third-order valence-electron chi connectivity index (χ3n) is 5.36. The molecule has 1 atom stereocenters. The van der Waals surface area contributed by atoms with Gasteiger partial charge in [0.2, 0.25) is 5.91 Å². The molecule has 1 heterocycles. The van der Waals surface area contributed by atoms with Crippen molar-refractivity contribution in [2.45, 2.75) is 59.7 Å². The standard InChI is InChI=1S/C22H30N2O/c1-16(2)18(4)24(22(25)20-10-11-20)15-21-9-6-12-23(21)14-19-8-5-7-17(3)13-19/h5-9,12-13,16,18,20H,10-11,14-15H2,1-4H3/t18-/m1/s1. The van der Waals surface area contributed by atoms with Crippen LogP contribution < -0.4 is 0 Å². The first kappa shape index (κ1) is 17.8. The Balaban J connectivity index is 1.78. The lowest BCUT2D eigenvalue weighted by Crippen LogP contribution is -2.42. The van der Waals surface area contributed by atoms with Crippen molar-refractivity contribution in [3.8, 4) is 0 Å². The normalized spacial score (nSPS) is 15.4. The van der Waals surface area contributed by atoms with Crippen LogP contribution in [0.5, 0.6) is 0 Å². The first-order chi connectivity index (χ1) is 12.0. The summed E-state index contributed by atoms with van der Waals surface area (Å²) in [6, 6.07) is 13.1. The van der Waals surface area contributed by atoms with E-state index in [0.717, 1.165) is 19.4 Å². The third kappa shape index (κ3) is 4.33. The fraction of sp³-hybridized carbons (Fsp3) is 0.500. The molecular formula is C22H30N2O. The summed E-state index contributed by atoms with van der Waals surface area (Å²) in [5.74, 6) is 1.06. The Morgan fingerprint density at radius 3 is 2.60 bits per heavy atom. The van der Waals surface area contributed by atoms with E-state index in [1.807, 2.05) is 0 Å². The largest absolute Gasteiger partial charge is 0.345 e. The van der Waals surface area contributed by atoms with Crippen LogP contribution in [0.1, 0.15) is 50.4 Å². The minimum Gasteiger partial charge on any atom is -0.345 e. The number of carbonyl (C=O) groups is 1. The van der Waals surface area contributed by atoms with E-state index in [4.69, 9.17) is 0 Å². The Hall–Kier alpha value is -2.03. The molecule has 0 spiro atoms. The Morgan fingerprint density at radius 2 is 1.96 bits per heavy atom. The molecular weight excluding hydrogens is 308 g/mol. The molecule has 25 heavy (non-hydrogen) atoms. The first-order valence-electron chi connectivity index (χ1n) is 9.45. The van der Waals surface area contributed by atoms with E-state index in [1.54, 1.807) is 0 Å². The Labute approximate surface area is 151 Å². The van der Waals surface area contributed by atoms with E-state index < -0.39 is 0 Å². The smallest absolute Gasteiger partial charge is 0.226 e. The Morgan fingerprint density at radius 1 is 1.20 bits per heavy atom. The zero-order valence-electron chi connectivity index (χ0n) is 15.9. The quantitative estimate of drug-likeness (QED) is 0.723. The Kier molecular flexibility index (Phi) is 5.31. The van der Waals surface area contributed by atoms with Crippen LogP contribution in [0.4, 0.5) is 0 Å². The number of rotatable bonds is 7. The number of aryl methyl sites for hydroxylation is 1. The molecule has 1 aromatic heterocycles. The Bertz CT molecular complexity index is 727. The number of amides is 1. The van der Waals surface area contributed by atoms with Crippen LogP contribution in [0.15, 0.2) is 42.6 Å². The van der Waals surface area contributed by atoms with Crippen LogP contribution in [0, 0.1) is 18.8 Å². The molecule has 1 aliphatic carbocycles. The topological polar surface area (TPSA) is 25.2 Å². The lowest BCUT2D eigenvalue weighted by Gasteiger charge is -2.32. The average molecular weight is 338 g/mol. The van der Waals surface area contributed by atoms with Gasteiger partial charge in [0.05, 0.1) is 6.54 Å². The fourth-order valence-electron chi connectivity index (χ4n) is 3.28. The average Bonchev–Trinajstić information content (AvgIpc) is 3.33. The molecule has 1 amide bonds. The first-order valence-corrected chi connectivity index (χ1v) is 9.45. The highest BCUT2D eigenvalue weighted by Gasteiger charge is 2.36. The van der Waals surface area contributed by atoms with Crippen LogP contribution in [0.3, 0.4) is 0 Å². The van der Waals surface area contributed by atoms with Crippen molar-refractivity contribution < 1.29 is 4.79 Å². The van der Waals surface area contributed by atoms with Gasteiger partial charge in [0, 0.05) is 30.4 Å². The fourth-order valence-corrected chi connectivity index (χ4v) is 3.28. The number of carbonyl (C=O) groups excluding carboxylic acids is 1. The summed E-state index contributed by atoms with van der Waals surface area (Å²) in [5, 5.41) is 0. The maximum Gasteiger partial charge on any atom is 0.226 e. The predicted molar refractivity (Wildman–Crippen MR) is 102 cm³/mol. The number of aromatic nitrogens is 1. The van der Waals surface area contributed by atoms with E-state index in [-0.39, 0.29) is 12.0 Å². The van der Waals surface area contributed by atoms with Gasteiger partial charge in [-0.2, -0.15) is 0 Å². The van der Waals surface area contributed by atoms with E-state index in [1.165, 1.54) is 16.8 Å². The van der Waals surface area contributed by atoms with Crippen LogP contribution >= 0.6 is 0 Å². The summed E-state index contributed by atoms with van der Waals surface area (Å²) in [4.78, 5) is 14.9. The van der Waals surface area contributed by atoms with Gasteiger partial charge in [-0.05, 0) is 50.3 Å². The van der Waals surface area contributed by atoms with Gasteiger partial charge in [-0.25, -0.2) is 0 Å². The van der Waals surface area contributed by atoms with Crippen LogP contribution in [0.2, 0.25) is 0 Å². The van der Waals surface area contributed by atoms with Crippen molar-refractivity contribution >= 4 is 5.91 Å². The van der Waals surface area contributed by atoms with Crippen LogP contribution in [0.25, 0.3) is 0 Å². The van der Waals surface area contributed by atoms with Crippen molar-refractivity contribution in [3.63, 3.8) is 0 Å². The summed E-state index contributed by atoms with van der Waals surface area (Å²) >= 11 is 0. The summed E-state index contributed by atoms with van der Waals surface area (Å²) in [7, 11) is 0.